The molecule has 0 atom stereocenters. The summed E-state index contributed by atoms with van der Waals surface area (Å²) in [6.07, 6.45) is 1.86. The largest absolute Gasteiger partial charge is 0.366 e. The number of hydrogen-bond acceptors (Lipinski definition) is 5. The first-order valence-electron chi connectivity index (χ1n) is 7.27. The number of fused-ring (bicyclic) bond motifs is 1. The smallest absolute Gasteiger partial charge is 0.270 e. The number of non-ortho nitro benzene ring substituents is 1. The van der Waals surface area contributed by atoms with E-state index in [2.05, 4.69) is 22.0 Å². The molecule has 1 heterocycles. The molecule has 0 aliphatic carbocycles. The van der Waals surface area contributed by atoms with Crippen molar-refractivity contribution in [2.24, 2.45) is 0 Å². The summed E-state index contributed by atoms with van der Waals surface area (Å²) in [4.78, 5) is 12.3. The van der Waals surface area contributed by atoms with Crippen LogP contribution in [0.2, 0.25) is 0 Å². The van der Waals surface area contributed by atoms with Crippen LogP contribution in [0.1, 0.15) is 11.1 Å². The lowest BCUT2D eigenvalue weighted by atomic mass is 9.99. The number of hydrogen-bond donors (Lipinski definition) is 0. The molecule has 126 valence electrons. The monoisotopic (exact) mass is 410 g/mol. The maximum absolute atomic E-state index is 12.1. The van der Waals surface area contributed by atoms with Gasteiger partial charge in [0, 0.05) is 36.0 Å². The Hall–Kier alpha value is -1.93. The molecule has 0 aromatic heterocycles. The quantitative estimate of drug-likeness (QED) is 0.572. The van der Waals surface area contributed by atoms with Crippen molar-refractivity contribution in [2.75, 3.05) is 17.7 Å². The third kappa shape index (κ3) is 3.16. The van der Waals surface area contributed by atoms with Crippen molar-refractivity contribution in [3.8, 4) is 0 Å². The van der Waals surface area contributed by atoms with E-state index in [1.807, 2.05) is 17.0 Å². The van der Waals surface area contributed by atoms with Gasteiger partial charge in [-0.1, -0.05) is 28.1 Å². The molecule has 0 saturated heterocycles. The molecule has 2 aromatic carbocycles. The van der Waals surface area contributed by atoms with Crippen molar-refractivity contribution in [2.45, 2.75) is 17.9 Å². The Balaban J connectivity index is 2.07. The summed E-state index contributed by atoms with van der Waals surface area (Å²) in [6.45, 7) is 1.21. The van der Waals surface area contributed by atoms with E-state index in [0.29, 0.717) is 18.8 Å². The average Bonchev–Trinajstić information content (AvgIpc) is 2.53. The van der Waals surface area contributed by atoms with E-state index in [-0.39, 0.29) is 10.6 Å². The van der Waals surface area contributed by atoms with Gasteiger partial charge < -0.3 is 4.90 Å². The Morgan fingerprint density at radius 1 is 1.25 bits per heavy atom. The highest BCUT2D eigenvalue weighted by Crippen LogP contribution is 2.34. The molecule has 1 aliphatic rings. The van der Waals surface area contributed by atoms with Gasteiger partial charge in [-0.05, 0) is 29.7 Å². The van der Waals surface area contributed by atoms with Crippen LogP contribution < -0.4 is 4.90 Å². The van der Waals surface area contributed by atoms with Gasteiger partial charge in [0.25, 0.3) is 5.69 Å². The first kappa shape index (κ1) is 16.9. The number of nitro benzene ring substituents is 1. The van der Waals surface area contributed by atoms with Gasteiger partial charge in [-0.25, -0.2) is 8.42 Å². The predicted molar refractivity (Wildman–Crippen MR) is 95.1 cm³/mol. The molecule has 2 aromatic rings. The average molecular weight is 411 g/mol. The number of benzene rings is 2. The minimum atomic E-state index is -3.58. The van der Waals surface area contributed by atoms with Crippen LogP contribution >= 0.6 is 15.9 Å². The van der Waals surface area contributed by atoms with E-state index in [1.54, 1.807) is 0 Å². The lowest BCUT2D eigenvalue weighted by Crippen LogP contribution is -2.31. The second-order valence-corrected chi connectivity index (χ2v) is 8.57. The highest BCUT2D eigenvalue weighted by atomic mass is 79.9. The number of sulfone groups is 1. The third-order valence-corrected chi connectivity index (χ3v) is 5.98. The SMILES string of the molecule is CS(=O)(=O)c1cc([N+](=O)[O-])ccc1N1CCc2cccc(Br)c2C1. The van der Waals surface area contributed by atoms with Gasteiger partial charge in [0.05, 0.1) is 15.5 Å². The van der Waals surface area contributed by atoms with Gasteiger partial charge in [-0.3, -0.25) is 10.1 Å². The van der Waals surface area contributed by atoms with E-state index in [1.165, 1.54) is 17.7 Å². The summed E-state index contributed by atoms with van der Waals surface area (Å²) in [6, 6.07) is 10.0. The maximum Gasteiger partial charge on any atom is 0.270 e. The van der Waals surface area contributed by atoms with Crippen molar-refractivity contribution < 1.29 is 13.3 Å². The van der Waals surface area contributed by atoms with Crippen LogP contribution in [-0.4, -0.2) is 26.1 Å². The molecule has 8 heteroatoms. The molecular formula is C16H15BrN2O4S. The molecule has 0 saturated carbocycles. The number of nitrogens with zero attached hydrogens (tertiary/aromatic N) is 2. The molecule has 24 heavy (non-hydrogen) atoms. The standard InChI is InChI=1S/C16H15BrN2O4S/c1-24(22,23)16-9-12(19(20)21)5-6-15(16)18-8-7-11-3-2-4-14(17)13(11)10-18/h2-6,9H,7-8,10H2,1H3. The first-order valence-corrected chi connectivity index (χ1v) is 9.95. The molecule has 0 unspecified atom stereocenters. The summed E-state index contributed by atoms with van der Waals surface area (Å²) >= 11 is 3.54. The van der Waals surface area contributed by atoms with Gasteiger partial charge in [0.15, 0.2) is 9.84 Å². The van der Waals surface area contributed by atoms with Crippen LogP contribution in [0.15, 0.2) is 45.8 Å². The second kappa shape index (κ2) is 6.18. The molecule has 0 N–H and O–H groups in total. The van der Waals surface area contributed by atoms with E-state index >= 15 is 0 Å². The highest BCUT2D eigenvalue weighted by Gasteiger charge is 2.25. The summed E-state index contributed by atoms with van der Waals surface area (Å²) in [7, 11) is -3.58. The normalized spacial score (nSPS) is 14.3. The van der Waals surface area contributed by atoms with Gasteiger partial charge in [-0.15, -0.1) is 0 Å². The number of nitro groups is 1. The Labute approximate surface area is 148 Å². The maximum atomic E-state index is 12.1. The summed E-state index contributed by atoms with van der Waals surface area (Å²) in [5.74, 6) is 0. The van der Waals surface area contributed by atoms with E-state index in [4.69, 9.17) is 0 Å². The van der Waals surface area contributed by atoms with Crippen molar-refractivity contribution in [1.82, 2.24) is 0 Å². The molecule has 3 rings (SSSR count). The molecular weight excluding hydrogens is 396 g/mol. The molecule has 0 amide bonds. The van der Waals surface area contributed by atoms with E-state index in [9.17, 15) is 18.5 Å². The number of rotatable bonds is 3. The highest BCUT2D eigenvalue weighted by molar-refractivity contribution is 9.10. The molecule has 0 bridgehead atoms. The van der Waals surface area contributed by atoms with Crippen molar-refractivity contribution >= 4 is 37.1 Å². The first-order chi connectivity index (χ1) is 11.3. The molecule has 0 fully saturated rings. The van der Waals surface area contributed by atoms with Gasteiger partial charge in [0.1, 0.15) is 0 Å². The molecule has 0 radical (unpaired) electrons. The minimum absolute atomic E-state index is 0.00722. The Kier molecular flexibility index (Phi) is 4.35. The van der Waals surface area contributed by atoms with Crippen LogP contribution in [0.4, 0.5) is 11.4 Å². The zero-order valence-electron chi connectivity index (χ0n) is 12.9. The Bertz CT molecular complexity index is 928. The van der Waals surface area contributed by atoms with Crippen LogP contribution in [-0.2, 0) is 22.8 Å². The van der Waals surface area contributed by atoms with Gasteiger partial charge in [0.2, 0.25) is 0 Å². The van der Waals surface area contributed by atoms with E-state index in [0.717, 1.165) is 28.8 Å². The van der Waals surface area contributed by atoms with Crippen LogP contribution in [0.5, 0.6) is 0 Å². The zero-order chi connectivity index (χ0) is 17.5. The third-order valence-electron chi connectivity index (χ3n) is 4.11. The second-order valence-electron chi connectivity index (χ2n) is 5.73. The fourth-order valence-electron chi connectivity index (χ4n) is 2.92. The van der Waals surface area contributed by atoms with Crippen LogP contribution in [0.3, 0.4) is 0 Å². The summed E-state index contributed by atoms with van der Waals surface area (Å²) < 4.78 is 25.2. The summed E-state index contributed by atoms with van der Waals surface area (Å²) in [5.41, 5.74) is 2.62. The molecule has 0 spiro atoms. The lowest BCUT2D eigenvalue weighted by Gasteiger charge is -2.32. The fourth-order valence-corrected chi connectivity index (χ4v) is 4.36. The van der Waals surface area contributed by atoms with Crippen LogP contribution in [0, 0.1) is 10.1 Å². The van der Waals surface area contributed by atoms with Crippen molar-refractivity contribution in [3.63, 3.8) is 0 Å². The van der Waals surface area contributed by atoms with Gasteiger partial charge >= 0.3 is 0 Å². The van der Waals surface area contributed by atoms with Crippen molar-refractivity contribution in [1.29, 1.82) is 0 Å². The van der Waals surface area contributed by atoms with E-state index < -0.39 is 14.8 Å². The topological polar surface area (TPSA) is 80.5 Å². The molecule has 1 aliphatic heterocycles. The number of anilines is 1. The zero-order valence-corrected chi connectivity index (χ0v) is 15.3. The Morgan fingerprint density at radius 3 is 2.67 bits per heavy atom. The van der Waals surface area contributed by atoms with Crippen molar-refractivity contribution in [3.05, 3.63) is 62.1 Å². The summed E-state index contributed by atoms with van der Waals surface area (Å²) in [5, 5.41) is 11.0. The molecule has 6 nitrogen and oxygen atoms in total. The number of halogens is 1. The van der Waals surface area contributed by atoms with Gasteiger partial charge in [-0.2, -0.15) is 0 Å². The van der Waals surface area contributed by atoms with Crippen LogP contribution in [0.25, 0.3) is 0 Å². The predicted octanol–water partition coefficient (Wildman–Crippen LogP) is 3.32. The minimum Gasteiger partial charge on any atom is -0.366 e. The Morgan fingerprint density at radius 2 is 2.00 bits per heavy atom. The fraction of sp³-hybridized carbons (Fsp3) is 0.250. The lowest BCUT2D eigenvalue weighted by molar-refractivity contribution is -0.385.